The number of sulfonamides is 1. The maximum Gasteiger partial charge on any atom is 0.229 e. The number of ether oxygens (including phenoxy) is 1. The zero-order chi connectivity index (χ0) is 26.0. The molecule has 0 bridgehead atoms. The summed E-state index contributed by atoms with van der Waals surface area (Å²) in [4.78, 5) is 10.9. The summed E-state index contributed by atoms with van der Waals surface area (Å²) in [5, 5.41) is 3.95. The van der Waals surface area contributed by atoms with Crippen molar-refractivity contribution in [3.63, 3.8) is 0 Å². The maximum absolute atomic E-state index is 12.0. The van der Waals surface area contributed by atoms with E-state index >= 15 is 0 Å². The molecule has 0 unspecified atom stereocenters. The van der Waals surface area contributed by atoms with Gasteiger partial charge in [0.1, 0.15) is 11.8 Å². The highest BCUT2D eigenvalue weighted by Gasteiger charge is 2.42. The minimum atomic E-state index is -3.53. The number of aromatic nitrogens is 3. The molecule has 0 aliphatic carbocycles. The Balaban J connectivity index is 1.62. The minimum absolute atomic E-state index is 0.246. The van der Waals surface area contributed by atoms with Crippen LogP contribution in [0.5, 0.6) is 5.75 Å². The average molecular weight is 535 g/mol. The van der Waals surface area contributed by atoms with E-state index in [2.05, 4.69) is 30.6 Å². The van der Waals surface area contributed by atoms with Crippen LogP contribution in [0.2, 0.25) is 0 Å². The van der Waals surface area contributed by atoms with Crippen LogP contribution in [-0.4, -0.2) is 41.4 Å². The average Bonchev–Trinajstić information content (AvgIpc) is 3.47. The van der Waals surface area contributed by atoms with Gasteiger partial charge in [-0.2, -0.15) is 0 Å². The third-order valence-corrected chi connectivity index (χ3v) is 7.00. The number of benzene rings is 1. The van der Waals surface area contributed by atoms with Gasteiger partial charge in [-0.15, -0.1) is 0 Å². The fourth-order valence-corrected chi connectivity index (χ4v) is 5.49. The molecule has 0 saturated carbocycles. The lowest BCUT2D eigenvalue weighted by Crippen LogP contribution is -2.30. The molecule has 1 saturated heterocycles. The van der Waals surface area contributed by atoms with Gasteiger partial charge in [-0.1, -0.05) is 12.1 Å². The molecule has 3 aromatic heterocycles. The molecule has 2 N–H and O–H groups in total. The number of nitrogens with one attached hydrogen (secondary N) is 2. The first-order valence-corrected chi connectivity index (χ1v) is 13.8. The summed E-state index contributed by atoms with van der Waals surface area (Å²) in [5.74, 6) is 0.407. The van der Waals surface area contributed by atoms with Crippen molar-refractivity contribution >= 4 is 38.7 Å². The zero-order valence-electron chi connectivity index (χ0n) is 20.3. The SMILES string of the molecule is COc1ccc(N2C(=S)N[C@@H](c3ccccn3)[C@@H]2c2cccn2Cc2cccnc2)cc1NS(C)(=O)=O. The van der Waals surface area contributed by atoms with Crippen molar-refractivity contribution in [1.29, 1.82) is 0 Å². The number of thiocarbonyl (C=S) groups is 1. The van der Waals surface area contributed by atoms with Gasteiger partial charge in [-0.25, -0.2) is 8.42 Å². The standard InChI is InChI=1S/C26H26N6O3S2/c1-35-23-11-10-19(15-21(23)30-37(2,33)34)32-25(24(29-26(32)36)20-8-3-4-13-28-20)22-9-6-14-31(22)17-18-7-5-12-27-16-18/h3-16,24-25,30H,17H2,1-2H3,(H,29,36)/t24-,25-/m0/s1. The van der Waals surface area contributed by atoms with Gasteiger partial charge in [0, 0.05) is 42.7 Å². The van der Waals surface area contributed by atoms with Gasteiger partial charge in [0.2, 0.25) is 10.0 Å². The number of pyridine rings is 2. The summed E-state index contributed by atoms with van der Waals surface area (Å²) in [7, 11) is -2.04. The molecular formula is C26H26N6O3S2. The highest BCUT2D eigenvalue weighted by molar-refractivity contribution is 7.92. The molecule has 1 aliphatic heterocycles. The van der Waals surface area contributed by atoms with Crippen LogP contribution < -0.4 is 19.7 Å². The number of methoxy groups -OCH3 is 1. The molecular weight excluding hydrogens is 508 g/mol. The Bertz CT molecular complexity index is 1510. The molecule has 0 spiro atoms. The summed E-state index contributed by atoms with van der Waals surface area (Å²) in [6, 6.07) is 18.6. The van der Waals surface area contributed by atoms with Gasteiger partial charge in [-0.3, -0.25) is 14.7 Å². The first kappa shape index (κ1) is 24.7. The van der Waals surface area contributed by atoms with Crippen molar-refractivity contribution in [2.45, 2.75) is 18.6 Å². The number of rotatable bonds is 8. The second-order valence-electron chi connectivity index (χ2n) is 8.68. The van der Waals surface area contributed by atoms with Gasteiger partial charge in [0.05, 0.1) is 30.8 Å². The molecule has 1 fully saturated rings. The number of anilines is 2. The van der Waals surface area contributed by atoms with E-state index in [-0.39, 0.29) is 12.1 Å². The van der Waals surface area contributed by atoms with Crippen molar-refractivity contribution in [3.8, 4) is 5.75 Å². The van der Waals surface area contributed by atoms with E-state index in [0.717, 1.165) is 23.2 Å². The van der Waals surface area contributed by atoms with E-state index in [0.29, 0.717) is 28.8 Å². The zero-order valence-corrected chi connectivity index (χ0v) is 21.9. The Morgan fingerprint density at radius 2 is 1.97 bits per heavy atom. The summed E-state index contributed by atoms with van der Waals surface area (Å²) in [6.45, 7) is 0.631. The van der Waals surface area contributed by atoms with Gasteiger partial charge < -0.3 is 19.5 Å². The van der Waals surface area contributed by atoms with E-state index < -0.39 is 10.0 Å². The summed E-state index contributed by atoms with van der Waals surface area (Å²) in [6.07, 6.45) is 8.50. The fourth-order valence-electron chi connectivity index (χ4n) is 4.59. The van der Waals surface area contributed by atoms with Gasteiger partial charge in [0.25, 0.3) is 0 Å². The molecule has 1 aromatic carbocycles. The van der Waals surface area contributed by atoms with E-state index in [9.17, 15) is 8.42 Å². The summed E-state index contributed by atoms with van der Waals surface area (Å²) in [5.41, 5.74) is 3.96. The molecule has 2 atom stereocenters. The van der Waals surface area contributed by atoms with E-state index in [1.54, 1.807) is 24.5 Å². The Morgan fingerprint density at radius 3 is 2.68 bits per heavy atom. The van der Waals surface area contributed by atoms with Crippen LogP contribution in [0.15, 0.2) is 85.5 Å². The molecule has 1 aliphatic rings. The predicted molar refractivity (Wildman–Crippen MR) is 147 cm³/mol. The van der Waals surface area contributed by atoms with Crippen molar-refractivity contribution in [1.82, 2.24) is 19.9 Å². The lowest BCUT2D eigenvalue weighted by atomic mass is 10.0. The topological polar surface area (TPSA) is 101 Å². The van der Waals surface area contributed by atoms with Crippen molar-refractivity contribution < 1.29 is 13.2 Å². The van der Waals surface area contributed by atoms with E-state index in [1.807, 2.05) is 59.8 Å². The lowest BCUT2D eigenvalue weighted by molar-refractivity contribution is 0.417. The first-order valence-electron chi connectivity index (χ1n) is 11.5. The Kier molecular flexibility index (Phi) is 6.81. The third-order valence-electron chi connectivity index (χ3n) is 6.10. The van der Waals surface area contributed by atoms with Crippen LogP contribution in [0.3, 0.4) is 0 Å². The van der Waals surface area contributed by atoms with Crippen LogP contribution in [0.4, 0.5) is 11.4 Å². The monoisotopic (exact) mass is 534 g/mol. The number of nitrogens with zero attached hydrogens (tertiary/aromatic N) is 4. The molecule has 4 heterocycles. The minimum Gasteiger partial charge on any atom is -0.495 e. The molecule has 11 heteroatoms. The van der Waals surface area contributed by atoms with Crippen LogP contribution in [-0.2, 0) is 16.6 Å². The fraction of sp³-hybridized carbons (Fsp3) is 0.192. The molecule has 190 valence electrons. The third kappa shape index (κ3) is 5.27. The van der Waals surface area contributed by atoms with E-state index in [1.165, 1.54) is 7.11 Å². The second kappa shape index (κ2) is 10.2. The Hall–Kier alpha value is -3.96. The van der Waals surface area contributed by atoms with Gasteiger partial charge >= 0.3 is 0 Å². The van der Waals surface area contributed by atoms with Crippen molar-refractivity contribution in [2.75, 3.05) is 23.0 Å². The van der Waals surface area contributed by atoms with Crippen LogP contribution in [0.25, 0.3) is 0 Å². The van der Waals surface area contributed by atoms with Crippen LogP contribution >= 0.6 is 12.2 Å². The van der Waals surface area contributed by atoms with Crippen molar-refractivity contribution in [3.05, 3.63) is 102 Å². The van der Waals surface area contributed by atoms with Crippen LogP contribution in [0, 0.1) is 0 Å². The molecule has 5 rings (SSSR count). The molecule has 0 radical (unpaired) electrons. The predicted octanol–water partition coefficient (Wildman–Crippen LogP) is 3.88. The first-order chi connectivity index (χ1) is 17.8. The quantitative estimate of drug-likeness (QED) is 0.329. The van der Waals surface area contributed by atoms with E-state index in [4.69, 9.17) is 17.0 Å². The normalized spacial score (nSPS) is 17.5. The molecule has 4 aromatic rings. The lowest BCUT2D eigenvalue weighted by Gasteiger charge is -2.29. The number of hydrogen-bond acceptors (Lipinski definition) is 6. The van der Waals surface area contributed by atoms with Crippen LogP contribution in [0.1, 0.15) is 29.0 Å². The largest absolute Gasteiger partial charge is 0.495 e. The highest BCUT2D eigenvalue weighted by Crippen LogP contribution is 2.43. The highest BCUT2D eigenvalue weighted by atomic mass is 32.2. The Labute approximate surface area is 221 Å². The molecule has 37 heavy (non-hydrogen) atoms. The second-order valence-corrected chi connectivity index (χ2v) is 10.8. The number of hydrogen-bond donors (Lipinski definition) is 2. The molecule has 9 nitrogen and oxygen atoms in total. The summed E-state index contributed by atoms with van der Waals surface area (Å²) < 4.78 is 34.2. The maximum atomic E-state index is 12.0. The Morgan fingerprint density at radius 1 is 1.11 bits per heavy atom. The summed E-state index contributed by atoms with van der Waals surface area (Å²) >= 11 is 5.84. The molecule has 0 amide bonds. The van der Waals surface area contributed by atoms with Gasteiger partial charge in [-0.05, 0) is 66.3 Å². The smallest absolute Gasteiger partial charge is 0.229 e. The van der Waals surface area contributed by atoms with Gasteiger partial charge in [0.15, 0.2) is 5.11 Å². The van der Waals surface area contributed by atoms with Crippen molar-refractivity contribution in [2.24, 2.45) is 0 Å².